The van der Waals surface area contributed by atoms with E-state index in [2.05, 4.69) is 15.5 Å². The van der Waals surface area contributed by atoms with Crippen LogP contribution < -0.4 is 20.3 Å². The molecule has 0 bridgehead atoms. The largest absolute Gasteiger partial charge is 0.482 e. The molecule has 0 spiro atoms. The number of carbonyl (C=O) groups excluding carboxylic acids is 1. The first kappa shape index (κ1) is 19.7. The maximum Gasteiger partial charge on any atom is 0.266 e. The molecule has 30 heavy (non-hydrogen) atoms. The molecule has 1 amide bonds. The summed E-state index contributed by atoms with van der Waals surface area (Å²) in [4.78, 5) is 24.8. The summed E-state index contributed by atoms with van der Waals surface area (Å²) in [7, 11) is 0. The number of amides is 1. The standard InChI is InChI=1S/C21H23N5O4/c1-13-12-14(2)26(23-13)18-8-9-19(27)25(24-18)11-10-22-21(28)20-15(3)29-16-6-4-5-7-17(16)30-20/h4-9,12,15,20H,10-11H2,1-3H3,(H,22,28). The number of ether oxygens (including phenoxy) is 2. The van der Waals surface area contributed by atoms with E-state index in [1.807, 2.05) is 32.0 Å². The van der Waals surface area contributed by atoms with Crippen molar-refractivity contribution in [2.75, 3.05) is 6.54 Å². The summed E-state index contributed by atoms with van der Waals surface area (Å²) >= 11 is 0. The Balaban J connectivity index is 1.41. The number of fused-ring (bicyclic) bond motifs is 1. The van der Waals surface area contributed by atoms with Crippen molar-refractivity contribution in [3.05, 3.63) is 64.2 Å². The van der Waals surface area contributed by atoms with E-state index >= 15 is 0 Å². The molecular formula is C21H23N5O4. The fourth-order valence-electron chi connectivity index (χ4n) is 3.36. The summed E-state index contributed by atoms with van der Waals surface area (Å²) in [6, 6.07) is 12.2. The van der Waals surface area contributed by atoms with E-state index in [1.54, 1.807) is 29.8 Å². The van der Waals surface area contributed by atoms with Gasteiger partial charge < -0.3 is 14.8 Å². The minimum atomic E-state index is -0.773. The van der Waals surface area contributed by atoms with Crippen LogP contribution in [-0.4, -0.2) is 44.2 Å². The van der Waals surface area contributed by atoms with Crippen molar-refractivity contribution in [3.8, 4) is 17.3 Å². The molecular weight excluding hydrogens is 386 g/mol. The molecule has 1 aliphatic heterocycles. The normalized spacial score (nSPS) is 17.6. The van der Waals surface area contributed by atoms with Crippen molar-refractivity contribution in [2.45, 2.75) is 39.5 Å². The summed E-state index contributed by atoms with van der Waals surface area (Å²) in [6.45, 7) is 6.04. The van der Waals surface area contributed by atoms with Gasteiger partial charge in [-0.25, -0.2) is 9.36 Å². The summed E-state index contributed by atoms with van der Waals surface area (Å²) in [5.74, 6) is 1.39. The van der Waals surface area contributed by atoms with E-state index in [1.165, 1.54) is 10.7 Å². The van der Waals surface area contributed by atoms with Crippen LogP contribution in [0.3, 0.4) is 0 Å². The Kier molecular flexibility index (Phi) is 5.26. The number of nitrogens with zero attached hydrogens (tertiary/aromatic N) is 4. The number of hydrogen-bond acceptors (Lipinski definition) is 6. The highest BCUT2D eigenvalue weighted by atomic mass is 16.6. The number of para-hydroxylation sites is 2. The zero-order valence-corrected chi connectivity index (χ0v) is 17.0. The van der Waals surface area contributed by atoms with Crippen molar-refractivity contribution >= 4 is 5.91 Å². The zero-order chi connectivity index (χ0) is 21.3. The third kappa shape index (κ3) is 3.91. The molecule has 0 saturated heterocycles. The number of benzene rings is 1. The Morgan fingerprint density at radius 2 is 1.83 bits per heavy atom. The van der Waals surface area contributed by atoms with Crippen LogP contribution in [0.5, 0.6) is 11.5 Å². The Labute approximate surface area is 173 Å². The van der Waals surface area contributed by atoms with Gasteiger partial charge in [0.15, 0.2) is 17.3 Å². The van der Waals surface area contributed by atoms with Crippen LogP contribution in [0.15, 0.2) is 47.3 Å². The molecule has 1 N–H and O–H groups in total. The molecule has 9 nitrogen and oxygen atoms in total. The van der Waals surface area contributed by atoms with Crippen LogP contribution in [-0.2, 0) is 11.3 Å². The summed E-state index contributed by atoms with van der Waals surface area (Å²) in [6.07, 6.45) is -1.21. The van der Waals surface area contributed by atoms with Gasteiger partial charge in [-0.3, -0.25) is 9.59 Å². The van der Waals surface area contributed by atoms with E-state index < -0.39 is 12.2 Å². The van der Waals surface area contributed by atoms with Crippen LogP contribution in [0, 0.1) is 13.8 Å². The summed E-state index contributed by atoms with van der Waals surface area (Å²) in [5.41, 5.74) is 1.53. The topological polar surface area (TPSA) is 100 Å². The predicted molar refractivity (Wildman–Crippen MR) is 109 cm³/mol. The molecule has 1 aromatic carbocycles. The van der Waals surface area contributed by atoms with Gasteiger partial charge in [0, 0.05) is 18.3 Å². The molecule has 2 unspecified atom stereocenters. The Morgan fingerprint density at radius 3 is 2.53 bits per heavy atom. The molecule has 156 valence electrons. The minimum Gasteiger partial charge on any atom is -0.482 e. The molecule has 0 saturated carbocycles. The second-order valence-corrected chi connectivity index (χ2v) is 7.19. The molecule has 0 radical (unpaired) electrons. The number of nitrogens with one attached hydrogen (secondary N) is 1. The van der Waals surface area contributed by atoms with Gasteiger partial charge in [-0.1, -0.05) is 12.1 Å². The third-order valence-electron chi connectivity index (χ3n) is 4.80. The van der Waals surface area contributed by atoms with E-state index in [0.29, 0.717) is 17.3 Å². The number of aryl methyl sites for hydroxylation is 2. The van der Waals surface area contributed by atoms with Crippen molar-refractivity contribution < 1.29 is 14.3 Å². The molecule has 2 aromatic heterocycles. The van der Waals surface area contributed by atoms with Crippen LogP contribution >= 0.6 is 0 Å². The molecule has 0 fully saturated rings. The van der Waals surface area contributed by atoms with Crippen LogP contribution in [0.4, 0.5) is 0 Å². The fourth-order valence-corrected chi connectivity index (χ4v) is 3.36. The van der Waals surface area contributed by atoms with Gasteiger partial charge in [-0.15, -0.1) is 5.10 Å². The van der Waals surface area contributed by atoms with Gasteiger partial charge in [0.2, 0.25) is 6.10 Å². The van der Waals surface area contributed by atoms with Crippen molar-refractivity contribution in [1.29, 1.82) is 0 Å². The highest BCUT2D eigenvalue weighted by Crippen LogP contribution is 2.33. The maximum atomic E-state index is 12.6. The molecule has 1 aliphatic rings. The minimum absolute atomic E-state index is 0.219. The average molecular weight is 409 g/mol. The molecule has 4 rings (SSSR count). The lowest BCUT2D eigenvalue weighted by molar-refractivity contribution is -0.133. The van der Waals surface area contributed by atoms with E-state index in [9.17, 15) is 9.59 Å². The lowest BCUT2D eigenvalue weighted by atomic mass is 10.1. The highest BCUT2D eigenvalue weighted by Gasteiger charge is 2.33. The first-order valence-electron chi connectivity index (χ1n) is 9.74. The molecule has 0 aliphatic carbocycles. The summed E-state index contributed by atoms with van der Waals surface area (Å²) in [5, 5.41) is 11.6. The van der Waals surface area contributed by atoms with E-state index in [0.717, 1.165) is 11.4 Å². The maximum absolute atomic E-state index is 12.6. The first-order valence-corrected chi connectivity index (χ1v) is 9.74. The van der Waals surface area contributed by atoms with Crippen molar-refractivity contribution in [3.63, 3.8) is 0 Å². The SMILES string of the molecule is Cc1cc(C)n(-c2ccc(=O)n(CCNC(=O)C3Oc4ccccc4OC3C)n2)n1. The van der Waals surface area contributed by atoms with Gasteiger partial charge in [0.05, 0.1) is 12.2 Å². The fraction of sp³-hybridized carbons (Fsp3) is 0.333. The van der Waals surface area contributed by atoms with Gasteiger partial charge >= 0.3 is 0 Å². The average Bonchev–Trinajstić information content (AvgIpc) is 3.06. The highest BCUT2D eigenvalue weighted by molar-refractivity contribution is 5.82. The number of rotatable bonds is 5. The van der Waals surface area contributed by atoms with E-state index in [4.69, 9.17) is 9.47 Å². The molecule has 3 aromatic rings. The van der Waals surface area contributed by atoms with E-state index in [-0.39, 0.29) is 24.6 Å². The number of carbonyl (C=O) groups is 1. The van der Waals surface area contributed by atoms with Gasteiger partial charge in [0.1, 0.15) is 6.10 Å². The lowest BCUT2D eigenvalue weighted by Crippen LogP contribution is -2.49. The van der Waals surface area contributed by atoms with Gasteiger partial charge in [-0.05, 0) is 45.0 Å². The van der Waals surface area contributed by atoms with Crippen LogP contribution in [0.25, 0.3) is 5.82 Å². The summed E-state index contributed by atoms with van der Waals surface area (Å²) < 4.78 is 14.5. The Morgan fingerprint density at radius 1 is 1.10 bits per heavy atom. The monoisotopic (exact) mass is 409 g/mol. The molecule has 9 heteroatoms. The van der Waals surface area contributed by atoms with Crippen molar-refractivity contribution in [1.82, 2.24) is 24.9 Å². The van der Waals surface area contributed by atoms with Crippen LogP contribution in [0.2, 0.25) is 0 Å². The zero-order valence-electron chi connectivity index (χ0n) is 17.0. The Hall–Kier alpha value is -3.62. The Bertz CT molecular complexity index is 1140. The first-order chi connectivity index (χ1) is 14.4. The lowest BCUT2D eigenvalue weighted by Gasteiger charge is -2.31. The quantitative estimate of drug-likeness (QED) is 0.684. The second kappa shape index (κ2) is 8.02. The number of aromatic nitrogens is 4. The van der Waals surface area contributed by atoms with Gasteiger partial charge in [0.25, 0.3) is 11.5 Å². The van der Waals surface area contributed by atoms with Crippen molar-refractivity contribution in [2.24, 2.45) is 0 Å². The van der Waals surface area contributed by atoms with Crippen LogP contribution in [0.1, 0.15) is 18.3 Å². The number of hydrogen-bond donors (Lipinski definition) is 1. The molecule has 3 heterocycles. The second-order valence-electron chi connectivity index (χ2n) is 7.19. The predicted octanol–water partition coefficient (Wildman–Crippen LogP) is 1.39. The third-order valence-corrected chi connectivity index (χ3v) is 4.80. The molecule has 2 atom stereocenters. The van der Waals surface area contributed by atoms with Gasteiger partial charge in [-0.2, -0.15) is 5.10 Å². The smallest absolute Gasteiger partial charge is 0.266 e.